The van der Waals surface area contributed by atoms with Crippen molar-refractivity contribution in [3.63, 3.8) is 0 Å². The summed E-state index contributed by atoms with van der Waals surface area (Å²) in [6.07, 6.45) is 3.65. The average Bonchev–Trinajstić information content (AvgIpc) is 3.24. The highest BCUT2D eigenvalue weighted by atomic mass is 32.2. The summed E-state index contributed by atoms with van der Waals surface area (Å²) in [5, 5.41) is 2.10. The predicted molar refractivity (Wildman–Crippen MR) is 119 cm³/mol. The monoisotopic (exact) mass is 466 g/mol. The van der Waals surface area contributed by atoms with Gasteiger partial charge < -0.3 is 14.2 Å². The molecule has 8 nitrogen and oxygen atoms in total. The fourth-order valence-electron chi connectivity index (χ4n) is 3.39. The molecule has 168 valence electrons. The largest absolute Gasteiger partial charge is 0.493 e. The van der Waals surface area contributed by atoms with E-state index in [1.807, 2.05) is 0 Å². The molecule has 0 aliphatic carbocycles. The third-order valence-corrected chi connectivity index (χ3v) is 7.47. The number of fused-ring (bicyclic) bond motifs is 1. The maximum absolute atomic E-state index is 13.0. The summed E-state index contributed by atoms with van der Waals surface area (Å²) in [6, 6.07) is 5.14. The molecular weight excluding hydrogens is 440 g/mol. The molecule has 2 heterocycles. The van der Waals surface area contributed by atoms with Crippen molar-refractivity contribution in [2.45, 2.75) is 17.9 Å². The topological polar surface area (TPSA) is 94.2 Å². The molecule has 2 aromatic rings. The van der Waals surface area contributed by atoms with Gasteiger partial charge in [-0.3, -0.25) is 4.90 Å². The lowest BCUT2D eigenvalue weighted by Gasteiger charge is -2.26. The number of nitrogens with zero attached hydrogens (tertiary/aromatic N) is 1. The van der Waals surface area contributed by atoms with Crippen molar-refractivity contribution in [2.75, 3.05) is 41.0 Å². The Morgan fingerprint density at radius 3 is 2.77 bits per heavy atom. The molecule has 31 heavy (non-hydrogen) atoms. The minimum Gasteiger partial charge on any atom is -0.493 e. The number of methoxy groups -OCH3 is 3. The minimum atomic E-state index is -3.88. The zero-order valence-corrected chi connectivity index (χ0v) is 19.3. The Hall–Kier alpha value is -2.40. The molecule has 0 amide bonds. The third kappa shape index (κ3) is 5.65. The Labute approximate surface area is 186 Å². The number of ether oxygens (including phenoxy) is 3. The first-order valence-electron chi connectivity index (χ1n) is 9.67. The Morgan fingerprint density at radius 1 is 1.26 bits per heavy atom. The lowest BCUT2D eigenvalue weighted by molar-refractivity contribution is -0.134. The van der Waals surface area contributed by atoms with Crippen LogP contribution in [0.5, 0.6) is 11.5 Å². The van der Waals surface area contributed by atoms with Crippen molar-refractivity contribution in [3.05, 3.63) is 45.7 Å². The zero-order valence-electron chi connectivity index (χ0n) is 17.7. The zero-order chi connectivity index (χ0) is 22.4. The Bertz CT molecular complexity index is 1060. The van der Waals surface area contributed by atoms with Crippen LogP contribution >= 0.6 is 11.3 Å². The summed E-state index contributed by atoms with van der Waals surface area (Å²) in [6.45, 7) is 2.58. The highest BCUT2D eigenvalue weighted by Gasteiger charge is 2.24. The van der Waals surface area contributed by atoms with Gasteiger partial charge in [0, 0.05) is 37.1 Å². The number of carbonyl (C=O) groups is 1. The first-order valence-corrected chi connectivity index (χ1v) is 12.0. The molecule has 10 heteroatoms. The lowest BCUT2D eigenvalue weighted by Crippen LogP contribution is -2.37. The number of nitrogens with one attached hydrogen (secondary N) is 1. The molecule has 3 rings (SSSR count). The predicted octanol–water partition coefficient (Wildman–Crippen LogP) is 2.29. The average molecular weight is 467 g/mol. The lowest BCUT2D eigenvalue weighted by atomic mass is 10.1. The second-order valence-corrected chi connectivity index (χ2v) is 9.64. The quantitative estimate of drug-likeness (QED) is 0.448. The molecular formula is C21H26N2O6S2. The van der Waals surface area contributed by atoms with Gasteiger partial charge in [-0.15, -0.1) is 11.3 Å². The van der Waals surface area contributed by atoms with Gasteiger partial charge in [-0.05, 0) is 47.2 Å². The molecule has 0 saturated heterocycles. The molecule has 1 aromatic carbocycles. The van der Waals surface area contributed by atoms with Gasteiger partial charge in [0.2, 0.25) is 10.0 Å². The molecule has 0 spiro atoms. The number of sulfonamides is 1. The number of thiophene rings is 1. The molecule has 1 N–H and O–H groups in total. The van der Waals surface area contributed by atoms with E-state index in [0.717, 1.165) is 19.5 Å². The molecule has 1 aromatic heterocycles. The van der Waals surface area contributed by atoms with Crippen LogP contribution in [0.1, 0.15) is 16.0 Å². The summed E-state index contributed by atoms with van der Waals surface area (Å²) in [4.78, 5) is 15.0. The summed E-state index contributed by atoms with van der Waals surface area (Å²) >= 11 is 1.77. The first kappa shape index (κ1) is 23.3. The van der Waals surface area contributed by atoms with E-state index in [9.17, 15) is 13.2 Å². The highest BCUT2D eigenvalue weighted by molar-refractivity contribution is 7.89. The second kappa shape index (κ2) is 10.3. The van der Waals surface area contributed by atoms with Crippen molar-refractivity contribution in [1.82, 2.24) is 9.62 Å². The minimum absolute atomic E-state index is 0.0577. The van der Waals surface area contributed by atoms with E-state index in [-0.39, 0.29) is 22.9 Å². The van der Waals surface area contributed by atoms with E-state index in [2.05, 4.69) is 25.8 Å². The smallest absolute Gasteiger partial charge is 0.330 e. The van der Waals surface area contributed by atoms with E-state index in [0.29, 0.717) is 12.1 Å². The van der Waals surface area contributed by atoms with Gasteiger partial charge in [-0.1, -0.05) is 0 Å². The molecule has 1 aliphatic rings. The molecule has 0 bridgehead atoms. The number of hydrogen-bond donors (Lipinski definition) is 1. The van der Waals surface area contributed by atoms with Crippen molar-refractivity contribution in [2.24, 2.45) is 0 Å². The number of benzene rings is 1. The fourth-order valence-corrected chi connectivity index (χ4v) is 5.52. The summed E-state index contributed by atoms with van der Waals surface area (Å²) in [5.74, 6) is -0.199. The molecule has 0 radical (unpaired) electrons. The van der Waals surface area contributed by atoms with Gasteiger partial charge in [0.15, 0.2) is 11.5 Å². The normalized spacial score (nSPS) is 14.4. The van der Waals surface area contributed by atoms with Crippen molar-refractivity contribution < 1.29 is 27.4 Å². The number of hydrogen-bond acceptors (Lipinski definition) is 8. The summed E-state index contributed by atoms with van der Waals surface area (Å²) in [5.41, 5.74) is 1.78. The van der Waals surface area contributed by atoms with E-state index in [1.165, 1.54) is 50.0 Å². The van der Waals surface area contributed by atoms with Gasteiger partial charge in [0.25, 0.3) is 0 Å². The van der Waals surface area contributed by atoms with Crippen LogP contribution in [0, 0.1) is 0 Å². The van der Waals surface area contributed by atoms with Gasteiger partial charge in [0.05, 0.1) is 21.3 Å². The SMILES string of the molecule is COC(=O)/C=C/c1cc(OC)c(OC)c(S(=O)(=O)NCCN2CCc3sccc3C2)c1. The van der Waals surface area contributed by atoms with Gasteiger partial charge >= 0.3 is 5.97 Å². The van der Waals surface area contributed by atoms with E-state index in [4.69, 9.17) is 9.47 Å². The van der Waals surface area contributed by atoms with Crippen LogP contribution in [0.25, 0.3) is 6.08 Å². The second-order valence-electron chi connectivity index (χ2n) is 6.90. The van der Waals surface area contributed by atoms with Crippen molar-refractivity contribution in [3.8, 4) is 11.5 Å². The van der Waals surface area contributed by atoms with Crippen molar-refractivity contribution >= 4 is 33.4 Å². The van der Waals surface area contributed by atoms with Gasteiger partial charge in [-0.25, -0.2) is 17.9 Å². The van der Waals surface area contributed by atoms with Crippen LogP contribution in [-0.2, 0) is 32.5 Å². The Balaban J connectivity index is 1.75. The van der Waals surface area contributed by atoms with Crippen LogP contribution < -0.4 is 14.2 Å². The van der Waals surface area contributed by atoms with Crippen LogP contribution in [0.3, 0.4) is 0 Å². The Kier molecular flexibility index (Phi) is 7.71. The maximum atomic E-state index is 13.0. The molecule has 0 atom stereocenters. The maximum Gasteiger partial charge on any atom is 0.330 e. The first-order chi connectivity index (χ1) is 14.9. The van der Waals surface area contributed by atoms with Crippen LogP contribution in [0.2, 0.25) is 0 Å². The van der Waals surface area contributed by atoms with Crippen LogP contribution in [0.15, 0.2) is 34.6 Å². The molecule has 0 saturated carbocycles. The molecule has 0 fully saturated rings. The fraction of sp³-hybridized carbons (Fsp3) is 0.381. The van der Waals surface area contributed by atoms with Crippen molar-refractivity contribution in [1.29, 1.82) is 0 Å². The van der Waals surface area contributed by atoms with E-state index < -0.39 is 16.0 Å². The van der Waals surface area contributed by atoms with Gasteiger partial charge in [0.1, 0.15) is 4.90 Å². The van der Waals surface area contributed by atoms with E-state index in [1.54, 1.807) is 17.4 Å². The molecule has 1 aliphatic heterocycles. The van der Waals surface area contributed by atoms with Crippen LogP contribution in [-0.4, -0.2) is 60.3 Å². The number of esters is 1. The summed E-state index contributed by atoms with van der Waals surface area (Å²) in [7, 11) is 0.187. The summed E-state index contributed by atoms with van der Waals surface area (Å²) < 4.78 is 43.9. The highest BCUT2D eigenvalue weighted by Crippen LogP contribution is 2.36. The Morgan fingerprint density at radius 2 is 2.06 bits per heavy atom. The van der Waals surface area contributed by atoms with E-state index >= 15 is 0 Å². The number of rotatable bonds is 9. The van der Waals surface area contributed by atoms with Gasteiger partial charge in [-0.2, -0.15) is 0 Å². The standard InChI is InChI=1S/C21H26N2O6S2/c1-27-17-12-15(4-5-20(24)28-2)13-19(21(17)29-3)31(25,26)22-8-10-23-9-6-18-16(14-23)7-11-30-18/h4-5,7,11-13,22H,6,8-10,14H2,1-3H3/b5-4+. The molecule has 0 unspecified atom stereocenters. The third-order valence-electron chi connectivity index (χ3n) is 4.98. The van der Waals surface area contributed by atoms with Crippen LogP contribution in [0.4, 0.5) is 0 Å². The number of carbonyl (C=O) groups excluding carboxylic acids is 1.